The Morgan fingerprint density at radius 1 is 0.290 bits per heavy atom. The number of benzene rings is 10. The van der Waals surface area contributed by atoms with Gasteiger partial charge in [0.1, 0.15) is 22.7 Å². The van der Waals surface area contributed by atoms with Crippen molar-refractivity contribution >= 4 is 21.9 Å². The van der Waals surface area contributed by atoms with Gasteiger partial charge in [0.05, 0.1) is 5.41 Å². The third-order valence-corrected chi connectivity index (χ3v) is 14.0. The first-order valence-electron chi connectivity index (χ1n) is 23.3. The van der Waals surface area contributed by atoms with Gasteiger partial charge in [-0.15, -0.1) is 0 Å². The molecular weight excluding hydrogens is 843 g/mol. The predicted octanol–water partition coefficient (Wildman–Crippen LogP) is 16.2. The van der Waals surface area contributed by atoms with Crippen LogP contribution >= 0.6 is 0 Å². The van der Waals surface area contributed by atoms with Gasteiger partial charge in [-0.1, -0.05) is 182 Å². The van der Waals surface area contributed by atoms with E-state index in [-0.39, 0.29) is 0 Å². The van der Waals surface area contributed by atoms with Crippen molar-refractivity contribution in [3.05, 3.63) is 259 Å². The van der Waals surface area contributed by atoms with Crippen LogP contribution in [0.1, 0.15) is 22.3 Å². The van der Waals surface area contributed by atoms with E-state index in [0.717, 1.165) is 83.5 Å². The normalized spacial score (nSPS) is 12.9. The van der Waals surface area contributed by atoms with E-state index in [1.54, 1.807) is 0 Å². The smallest absolute Gasteiger partial charge is 0.164 e. The molecule has 322 valence electrons. The second-order valence-corrected chi connectivity index (χ2v) is 17.8. The summed E-state index contributed by atoms with van der Waals surface area (Å²) in [6, 6.07) is 83.5. The average molecular weight is 882 g/mol. The molecule has 1 aliphatic heterocycles. The minimum absolute atomic E-state index is 0.577. The minimum Gasteiger partial charge on any atom is -0.457 e. The first-order chi connectivity index (χ1) is 34.2. The van der Waals surface area contributed by atoms with Crippen molar-refractivity contribution in [2.75, 3.05) is 0 Å². The van der Waals surface area contributed by atoms with E-state index in [2.05, 4.69) is 188 Å². The fourth-order valence-corrected chi connectivity index (χ4v) is 10.9. The molecule has 0 bridgehead atoms. The Hall–Kier alpha value is -9.19. The van der Waals surface area contributed by atoms with E-state index in [4.69, 9.17) is 24.1 Å². The molecular formula is C64H39N3O2. The monoisotopic (exact) mass is 881 g/mol. The number of hydrogen-bond donors (Lipinski definition) is 0. The van der Waals surface area contributed by atoms with Gasteiger partial charge in [-0.2, -0.15) is 0 Å². The van der Waals surface area contributed by atoms with Crippen LogP contribution in [0, 0.1) is 0 Å². The van der Waals surface area contributed by atoms with Gasteiger partial charge in [0, 0.05) is 38.6 Å². The van der Waals surface area contributed by atoms with Crippen LogP contribution in [0.25, 0.3) is 101 Å². The Morgan fingerprint density at radius 2 is 0.768 bits per heavy atom. The topological polar surface area (TPSA) is 61.0 Å². The molecule has 1 aliphatic carbocycles. The van der Waals surface area contributed by atoms with Crippen molar-refractivity contribution in [1.29, 1.82) is 0 Å². The summed E-state index contributed by atoms with van der Waals surface area (Å²) in [5, 5.41) is 1.99. The highest BCUT2D eigenvalue weighted by atomic mass is 16.5. The average Bonchev–Trinajstić information content (AvgIpc) is 3.95. The summed E-state index contributed by atoms with van der Waals surface area (Å²) < 4.78 is 13.2. The highest BCUT2D eigenvalue weighted by molar-refractivity contribution is 6.11. The van der Waals surface area contributed by atoms with Crippen molar-refractivity contribution in [3.8, 4) is 90.2 Å². The SMILES string of the molecule is c1ccc(-c2cc(-c3ccccc3)cc(-c3ccc4c(c3)C3(c5ccccc5Oc5ccccc53)c3cc(-c5nc(-c6ccccc6)nc(-c6cccc7oc8ccccc8c67)n5)ccc3-4)c2)cc1. The third kappa shape index (κ3) is 6.14. The summed E-state index contributed by atoms with van der Waals surface area (Å²) in [5.41, 5.74) is 17.3. The van der Waals surface area contributed by atoms with Crippen molar-refractivity contribution in [1.82, 2.24) is 15.0 Å². The van der Waals surface area contributed by atoms with E-state index < -0.39 is 5.41 Å². The lowest BCUT2D eigenvalue weighted by Gasteiger charge is -2.39. The van der Waals surface area contributed by atoms with Crippen LogP contribution in [0.2, 0.25) is 0 Å². The maximum atomic E-state index is 6.80. The number of furan rings is 1. The second kappa shape index (κ2) is 15.4. The van der Waals surface area contributed by atoms with Gasteiger partial charge < -0.3 is 9.15 Å². The number of para-hydroxylation sites is 3. The summed E-state index contributed by atoms with van der Waals surface area (Å²) in [6.07, 6.45) is 0. The number of ether oxygens (including phenoxy) is 1. The van der Waals surface area contributed by atoms with Gasteiger partial charge >= 0.3 is 0 Å². The molecule has 5 nitrogen and oxygen atoms in total. The van der Waals surface area contributed by atoms with Crippen molar-refractivity contribution in [3.63, 3.8) is 0 Å². The molecule has 0 N–H and O–H groups in total. The molecule has 3 heterocycles. The Balaban J connectivity index is 1.01. The highest BCUT2D eigenvalue weighted by Crippen LogP contribution is 2.63. The molecule has 14 rings (SSSR count). The zero-order chi connectivity index (χ0) is 45.5. The van der Waals surface area contributed by atoms with Crippen LogP contribution in [0.5, 0.6) is 11.5 Å². The van der Waals surface area contributed by atoms with Gasteiger partial charge in [0.25, 0.3) is 0 Å². The van der Waals surface area contributed by atoms with Crippen LogP contribution in [0.4, 0.5) is 0 Å². The van der Waals surface area contributed by atoms with Gasteiger partial charge in [-0.05, 0) is 110 Å². The molecule has 0 saturated carbocycles. The minimum atomic E-state index is -0.749. The number of aromatic nitrogens is 3. The van der Waals surface area contributed by atoms with E-state index in [0.29, 0.717) is 17.5 Å². The van der Waals surface area contributed by atoms with Crippen molar-refractivity contribution < 1.29 is 9.15 Å². The van der Waals surface area contributed by atoms with Gasteiger partial charge in [-0.3, -0.25) is 0 Å². The van der Waals surface area contributed by atoms with Crippen LogP contribution in [0.3, 0.4) is 0 Å². The molecule has 0 saturated heterocycles. The molecule has 0 radical (unpaired) electrons. The van der Waals surface area contributed by atoms with Crippen LogP contribution in [0.15, 0.2) is 241 Å². The molecule has 12 aromatic rings. The second-order valence-electron chi connectivity index (χ2n) is 17.8. The summed E-state index contributed by atoms with van der Waals surface area (Å²) >= 11 is 0. The summed E-state index contributed by atoms with van der Waals surface area (Å²) in [7, 11) is 0. The standard InChI is InChI=1S/C64H39N3O2/c1-4-17-40(18-5-1)45-35-46(41-19-6-2-7-20-41)37-47(36-45)43-31-33-48-49-34-32-44(39-55(49)64(54(48)38-43)52-25-11-14-28-57(52)69-58-29-15-12-26-53(58)64)62-65-61(42-21-8-3-9-22-42)66-63(67-62)51-24-16-30-59-60(51)50-23-10-13-27-56(50)68-59/h1-39H. The van der Waals surface area contributed by atoms with Crippen LogP contribution < -0.4 is 4.74 Å². The Morgan fingerprint density at radius 3 is 1.41 bits per heavy atom. The van der Waals surface area contributed by atoms with Gasteiger partial charge in [-0.25, -0.2) is 15.0 Å². The van der Waals surface area contributed by atoms with E-state index in [1.165, 1.54) is 33.4 Å². The molecule has 2 aliphatic rings. The van der Waals surface area contributed by atoms with Crippen molar-refractivity contribution in [2.45, 2.75) is 5.41 Å². The molecule has 0 unspecified atom stereocenters. The molecule has 1 spiro atoms. The predicted molar refractivity (Wildman–Crippen MR) is 277 cm³/mol. The molecule has 5 heteroatoms. The number of nitrogens with zero attached hydrogens (tertiary/aromatic N) is 3. The lowest BCUT2D eigenvalue weighted by atomic mass is 9.65. The van der Waals surface area contributed by atoms with Crippen molar-refractivity contribution in [2.24, 2.45) is 0 Å². The fraction of sp³-hybridized carbons (Fsp3) is 0.0156. The zero-order valence-electron chi connectivity index (χ0n) is 37.2. The van der Waals surface area contributed by atoms with Gasteiger partial charge in [0.15, 0.2) is 17.5 Å². The lowest BCUT2D eigenvalue weighted by molar-refractivity contribution is 0.436. The number of hydrogen-bond acceptors (Lipinski definition) is 5. The first kappa shape index (κ1) is 39.0. The van der Waals surface area contributed by atoms with E-state index in [9.17, 15) is 0 Å². The third-order valence-electron chi connectivity index (χ3n) is 14.0. The first-order valence-corrected chi connectivity index (χ1v) is 23.3. The zero-order valence-corrected chi connectivity index (χ0v) is 37.2. The maximum absolute atomic E-state index is 6.80. The van der Waals surface area contributed by atoms with Gasteiger partial charge in [0.2, 0.25) is 0 Å². The fourth-order valence-electron chi connectivity index (χ4n) is 10.9. The quantitative estimate of drug-likeness (QED) is 0.166. The maximum Gasteiger partial charge on any atom is 0.164 e. The van der Waals surface area contributed by atoms with E-state index >= 15 is 0 Å². The Bertz CT molecular complexity index is 3890. The summed E-state index contributed by atoms with van der Waals surface area (Å²) in [6.45, 7) is 0. The summed E-state index contributed by atoms with van der Waals surface area (Å²) in [4.78, 5) is 15.8. The Kier molecular flexibility index (Phi) is 8.73. The molecule has 0 amide bonds. The molecule has 69 heavy (non-hydrogen) atoms. The number of rotatable bonds is 6. The largest absolute Gasteiger partial charge is 0.457 e. The molecule has 10 aromatic carbocycles. The van der Waals surface area contributed by atoms with Crippen LogP contribution in [-0.4, -0.2) is 15.0 Å². The number of fused-ring (bicyclic) bond motifs is 12. The molecule has 0 fully saturated rings. The molecule has 0 atom stereocenters. The Labute approximate surface area is 398 Å². The highest BCUT2D eigenvalue weighted by Gasteiger charge is 2.51. The molecule has 2 aromatic heterocycles. The van der Waals surface area contributed by atoms with E-state index in [1.807, 2.05) is 48.5 Å². The van der Waals surface area contributed by atoms with Crippen LogP contribution in [-0.2, 0) is 5.41 Å². The summed E-state index contributed by atoms with van der Waals surface area (Å²) in [5.74, 6) is 3.42. The lowest BCUT2D eigenvalue weighted by Crippen LogP contribution is -2.32.